The van der Waals surface area contributed by atoms with E-state index in [9.17, 15) is 4.39 Å². The fraction of sp³-hybridized carbons (Fsp3) is 0.273. The quantitative estimate of drug-likeness (QED) is 0.774. The fourth-order valence-corrected chi connectivity index (χ4v) is 1.42. The summed E-state index contributed by atoms with van der Waals surface area (Å²) in [5, 5.41) is 3.46. The second-order valence-corrected chi connectivity index (χ2v) is 4.13. The fourth-order valence-electron chi connectivity index (χ4n) is 1.33. The predicted molar refractivity (Wildman–Crippen MR) is 57.8 cm³/mol. The average Bonchev–Trinajstić information content (AvgIpc) is 2.66. The van der Waals surface area contributed by atoms with Gasteiger partial charge >= 0.3 is 0 Å². The maximum Gasteiger partial charge on any atom is 0.244 e. The Bertz CT molecular complexity index is 484. The van der Waals surface area contributed by atoms with Gasteiger partial charge in [-0.2, -0.15) is 4.98 Å². The Labute approximate surface area is 97.2 Å². The van der Waals surface area contributed by atoms with Crippen LogP contribution in [-0.4, -0.2) is 10.1 Å². The maximum atomic E-state index is 12.9. The van der Waals surface area contributed by atoms with Gasteiger partial charge in [-0.1, -0.05) is 17.3 Å². The second kappa shape index (κ2) is 4.61. The van der Waals surface area contributed by atoms with Crippen LogP contribution in [0.2, 0.25) is 0 Å². The van der Waals surface area contributed by atoms with Crippen LogP contribution in [0.1, 0.15) is 29.6 Å². The van der Waals surface area contributed by atoms with Gasteiger partial charge in [0.1, 0.15) is 11.2 Å². The number of nitrogens with zero attached hydrogens (tertiary/aromatic N) is 2. The van der Waals surface area contributed by atoms with Crippen LogP contribution in [0.5, 0.6) is 0 Å². The second-order valence-electron chi connectivity index (χ2n) is 3.47. The summed E-state index contributed by atoms with van der Waals surface area (Å²) >= 11 is 5.79. The third-order valence-corrected chi connectivity index (χ3v) is 2.26. The Balaban J connectivity index is 2.14. The highest BCUT2D eigenvalue weighted by Gasteiger charge is 2.11. The summed E-state index contributed by atoms with van der Waals surface area (Å²) in [6.07, 6.45) is 0.435. The van der Waals surface area contributed by atoms with Crippen LogP contribution in [0.4, 0.5) is 4.39 Å². The Morgan fingerprint density at radius 2 is 2.31 bits per heavy atom. The Morgan fingerprint density at radius 3 is 2.94 bits per heavy atom. The first kappa shape index (κ1) is 11.1. The Hall–Kier alpha value is -1.42. The van der Waals surface area contributed by atoms with Crippen LogP contribution in [0.3, 0.4) is 0 Å². The smallest absolute Gasteiger partial charge is 0.244 e. The Morgan fingerprint density at radius 1 is 1.50 bits per heavy atom. The summed E-state index contributed by atoms with van der Waals surface area (Å²) in [5.74, 6) is 0.619. The van der Waals surface area contributed by atoms with Gasteiger partial charge in [0, 0.05) is 6.42 Å². The SMILES string of the molecule is CC(Cl)c1nc(Cc2cccc(F)c2)no1. The molecule has 1 aromatic carbocycles. The molecule has 1 unspecified atom stereocenters. The molecular weight excluding hydrogens is 231 g/mol. The molecule has 0 spiro atoms. The molecule has 0 aliphatic heterocycles. The number of halogens is 2. The van der Waals surface area contributed by atoms with Crippen molar-refractivity contribution in [1.29, 1.82) is 0 Å². The summed E-state index contributed by atoms with van der Waals surface area (Å²) in [6, 6.07) is 6.30. The summed E-state index contributed by atoms with van der Waals surface area (Å²) in [6.45, 7) is 1.75. The minimum Gasteiger partial charge on any atom is -0.338 e. The number of hydrogen-bond acceptors (Lipinski definition) is 3. The molecule has 1 aromatic heterocycles. The van der Waals surface area contributed by atoms with Gasteiger partial charge in [-0.05, 0) is 24.6 Å². The number of aromatic nitrogens is 2. The van der Waals surface area contributed by atoms with Crippen molar-refractivity contribution in [1.82, 2.24) is 10.1 Å². The number of hydrogen-bond donors (Lipinski definition) is 0. The molecule has 0 N–H and O–H groups in total. The van der Waals surface area contributed by atoms with E-state index in [0.717, 1.165) is 5.56 Å². The molecule has 0 aliphatic rings. The first-order valence-corrected chi connectivity index (χ1v) is 5.30. The van der Waals surface area contributed by atoms with E-state index in [1.807, 2.05) is 6.07 Å². The number of rotatable bonds is 3. The lowest BCUT2D eigenvalue weighted by Crippen LogP contribution is -1.92. The van der Waals surface area contributed by atoms with Gasteiger partial charge in [0.25, 0.3) is 0 Å². The number of alkyl halides is 1. The van der Waals surface area contributed by atoms with Crippen molar-refractivity contribution in [2.24, 2.45) is 0 Å². The zero-order valence-corrected chi connectivity index (χ0v) is 9.41. The molecule has 0 amide bonds. The summed E-state index contributed by atoms with van der Waals surface area (Å²) in [4.78, 5) is 4.10. The van der Waals surface area contributed by atoms with Gasteiger partial charge in [-0.3, -0.25) is 0 Å². The molecule has 1 atom stereocenters. The van der Waals surface area contributed by atoms with Crippen LogP contribution in [0, 0.1) is 5.82 Å². The summed E-state index contributed by atoms with van der Waals surface area (Å²) < 4.78 is 17.9. The zero-order valence-electron chi connectivity index (χ0n) is 8.65. The molecular formula is C11H10ClFN2O. The minimum absolute atomic E-state index is 0.271. The molecule has 0 saturated carbocycles. The highest BCUT2D eigenvalue weighted by molar-refractivity contribution is 6.20. The molecule has 0 bridgehead atoms. The van der Waals surface area contributed by atoms with Crippen LogP contribution >= 0.6 is 11.6 Å². The highest BCUT2D eigenvalue weighted by Crippen LogP contribution is 2.17. The molecule has 0 radical (unpaired) electrons. The van der Waals surface area contributed by atoms with Crippen molar-refractivity contribution in [2.45, 2.75) is 18.7 Å². The summed E-state index contributed by atoms with van der Waals surface area (Å²) in [5.41, 5.74) is 0.801. The van der Waals surface area contributed by atoms with Gasteiger partial charge in [0.15, 0.2) is 5.82 Å². The molecule has 1 heterocycles. The lowest BCUT2D eigenvalue weighted by molar-refractivity contribution is 0.374. The first-order valence-electron chi connectivity index (χ1n) is 4.86. The molecule has 2 aromatic rings. The molecule has 0 aliphatic carbocycles. The van der Waals surface area contributed by atoms with Crippen LogP contribution in [0.25, 0.3) is 0 Å². The van der Waals surface area contributed by atoms with Gasteiger partial charge in [0.2, 0.25) is 5.89 Å². The van der Waals surface area contributed by atoms with E-state index in [4.69, 9.17) is 16.1 Å². The van der Waals surface area contributed by atoms with Crippen molar-refractivity contribution in [3.63, 3.8) is 0 Å². The first-order chi connectivity index (χ1) is 7.65. The lowest BCUT2D eigenvalue weighted by Gasteiger charge is -1.96. The standard InChI is InChI=1S/C11H10ClFN2O/c1-7(12)11-14-10(15-16-11)6-8-3-2-4-9(13)5-8/h2-5,7H,6H2,1H3. The van der Waals surface area contributed by atoms with Gasteiger partial charge in [-0.25, -0.2) is 4.39 Å². The van der Waals surface area contributed by atoms with E-state index >= 15 is 0 Å². The minimum atomic E-state index is -0.311. The Kier molecular flexibility index (Phi) is 3.19. The van der Waals surface area contributed by atoms with E-state index in [-0.39, 0.29) is 11.2 Å². The van der Waals surface area contributed by atoms with Gasteiger partial charge in [0.05, 0.1) is 0 Å². The average molecular weight is 241 g/mol. The molecule has 16 heavy (non-hydrogen) atoms. The van der Waals surface area contributed by atoms with E-state index in [1.54, 1.807) is 13.0 Å². The van der Waals surface area contributed by atoms with Crippen LogP contribution in [0.15, 0.2) is 28.8 Å². The predicted octanol–water partition coefficient (Wildman–Crippen LogP) is 3.10. The van der Waals surface area contributed by atoms with Crippen molar-refractivity contribution in [3.05, 3.63) is 47.4 Å². The zero-order chi connectivity index (χ0) is 11.5. The van der Waals surface area contributed by atoms with Crippen molar-refractivity contribution < 1.29 is 8.91 Å². The van der Waals surface area contributed by atoms with E-state index in [1.165, 1.54) is 12.1 Å². The maximum absolute atomic E-state index is 12.9. The third kappa shape index (κ3) is 2.58. The van der Waals surface area contributed by atoms with Gasteiger partial charge in [-0.15, -0.1) is 11.6 Å². The van der Waals surface area contributed by atoms with E-state index in [2.05, 4.69) is 10.1 Å². The van der Waals surface area contributed by atoms with E-state index < -0.39 is 0 Å². The largest absolute Gasteiger partial charge is 0.338 e. The third-order valence-electron chi connectivity index (χ3n) is 2.08. The molecule has 3 nitrogen and oxygen atoms in total. The topological polar surface area (TPSA) is 38.9 Å². The van der Waals surface area contributed by atoms with Crippen LogP contribution in [-0.2, 0) is 6.42 Å². The molecule has 84 valence electrons. The molecule has 5 heteroatoms. The van der Waals surface area contributed by atoms with Crippen molar-refractivity contribution in [3.8, 4) is 0 Å². The lowest BCUT2D eigenvalue weighted by atomic mass is 10.1. The monoisotopic (exact) mass is 240 g/mol. The highest BCUT2D eigenvalue weighted by atomic mass is 35.5. The normalized spacial score (nSPS) is 12.7. The molecule has 0 saturated heterocycles. The number of benzene rings is 1. The van der Waals surface area contributed by atoms with Crippen LogP contribution < -0.4 is 0 Å². The summed E-state index contributed by atoms with van der Waals surface area (Å²) in [7, 11) is 0. The molecule has 2 rings (SSSR count). The molecule has 0 fully saturated rings. The van der Waals surface area contributed by atoms with Gasteiger partial charge < -0.3 is 4.52 Å². The van der Waals surface area contributed by atoms with E-state index in [0.29, 0.717) is 18.1 Å². The van der Waals surface area contributed by atoms with Crippen molar-refractivity contribution in [2.75, 3.05) is 0 Å². The van der Waals surface area contributed by atoms with Crippen molar-refractivity contribution >= 4 is 11.6 Å².